The molecule has 3 rings (SSSR count). The number of carbonyl (C=O) groups is 2. The Bertz CT molecular complexity index is 1180. The predicted molar refractivity (Wildman–Crippen MR) is 122 cm³/mol. The molecule has 0 spiro atoms. The van der Waals surface area contributed by atoms with Crippen LogP contribution in [0.25, 0.3) is 17.1 Å². The number of carboxylic acid groups (broad SMARTS) is 1. The van der Waals surface area contributed by atoms with E-state index in [2.05, 4.69) is 25.5 Å². The second-order valence-electron chi connectivity index (χ2n) is 10.0. The molecule has 0 radical (unpaired) electrons. The van der Waals surface area contributed by atoms with Crippen LogP contribution in [-0.2, 0) is 4.79 Å². The van der Waals surface area contributed by atoms with Gasteiger partial charge in [-0.1, -0.05) is 20.8 Å². The summed E-state index contributed by atoms with van der Waals surface area (Å²) in [6, 6.07) is 6.99. The minimum atomic E-state index is -1.47. The molecule has 0 saturated carbocycles. The Morgan fingerprint density at radius 3 is 2.38 bits per heavy atom. The molecule has 8 heteroatoms. The first kappa shape index (κ1) is 23.4. The zero-order valence-electron chi connectivity index (χ0n) is 19.9. The van der Waals surface area contributed by atoms with E-state index in [9.17, 15) is 9.59 Å². The second-order valence-corrected chi connectivity index (χ2v) is 10.0. The zero-order chi connectivity index (χ0) is 24.0. The molecular weight excluding hydrogens is 410 g/mol. The van der Waals surface area contributed by atoms with Crippen LogP contribution in [0.1, 0.15) is 59.2 Å². The van der Waals surface area contributed by atoms with E-state index in [0.717, 1.165) is 17.7 Å². The van der Waals surface area contributed by atoms with Crippen molar-refractivity contribution in [1.29, 1.82) is 0 Å². The average Bonchev–Trinajstić information content (AvgIpc) is 3.16. The number of imidazole rings is 1. The molecule has 172 valence electrons. The first-order valence-corrected chi connectivity index (χ1v) is 10.5. The van der Waals surface area contributed by atoms with Crippen molar-refractivity contribution in [2.45, 2.75) is 67.3 Å². The summed E-state index contributed by atoms with van der Waals surface area (Å²) in [5, 5.41) is 8.90. The van der Waals surface area contributed by atoms with E-state index >= 15 is 0 Å². The SMILES string of the molecule is CC(=O)N(c1c(-c2ccc(OC(=O)O)o2)nc2cc(C)cc(C)n12)C(C)(C)CC(C)(C)C. The first-order chi connectivity index (χ1) is 14.7. The summed E-state index contributed by atoms with van der Waals surface area (Å²) in [7, 11) is 0. The molecule has 0 bridgehead atoms. The van der Waals surface area contributed by atoms with E-state index < -0.39 is 11.7 Å². The van der Waals surface area contributed by atoms with E-state index in [-0.39, 0.29) is 17.3 Å². The summed E-state index contributed by atoms with van der Waals surface area (Å²) >= 11 is 0. The maximum Gasteiger partial charge on any atom is 0.513 e. The number of hydrogen-bond acceptors (Lipinski definition) is 5. The number of carbonyl (C=O) groups excluding carboxylic acids is 1. The Balaban J connectivity index is 2.32. The number of pyridine rings is 1. The van der Waals surface area contributed by atoms with Gasteiger partial charge in [0.05, 0.1) is 0 Å². The minimum absolute atomic E-state index is 0.0311. The van der Waals surface area contributed by atoms with Crippen molar-refractivity contribution in [3.8, 4) is 17.4 Å². The highest BCUT2D eigenvalue weighted by Crippen LogP contribution is 2.41. The highest BCUT2D eigenvalue weighted by atomic mass is 16.7. The van der Waals surface area contributed by atoms with Gasteiger partial charge in [0.25, 0.3) is 5.95 Å². The van der Waals surface area contributed by atoms with Crippen molar-refractivity contribution >= 4 is 23.5 Å². The van der Waals surface area contributed by atoms with Crippen LogP contribution in [0.2, 0.25) is 0 Å². The summed E-state index contributed by atoms with van der Waals surface area (Å²) in [5.41, 5.74) is 2.49. The Morgan fingerprint density at radius 1 is 1.16 bits per heavy atom. The number of aromatic nitrogens is 2. The Kier molecular flexibility index (Phi) is 5.84. The zero-order valence-corrected chi connectivity index (χ0v) is 19.9. The third-order valence-electron chi connectivity index (χ3n) is 5.12. The van der Waals surface area contributed by atoms with Gasteiger partial charge in [0.1, 0.15) is 11.3 Å². The predicted octanol–water partition coefficient (Wildman–Crippen LogP) is 5.84. The van der Waals surface area contributed by atoms with Crippen LogP contribution in [0.15, 0.2) is 28.7 Å². The number of rotatable bonds is 5. The monoisotopic (exact) mass is 441 g/mol. The lowest BCUT2D eigenvalue weighted by Crippen LogP contribution is -2.50. The van der Waals surface area contributed by atoms with Gasteiger partial charge in [-0.15, -0.1) is 0 Å². The number of furan rings is 1. The number of nitrogens with zero attached hydrogens (tertiary/aromatic N) is 3. The van der Waals surface area contributed by atoms with Gasteiger partial charge in [0, 0.05) is 24.2 Å². The lowest BCUT2D eigenvalue weighted by Gasteiger charge is -2.41. The fourth-order valence-electron chi connectivity index (χ4n) is 4.71. The van der Waals surface area contributed by atoms with Crippen molar-refractivity contribution < 1.29 is 23.8 Å². The van der Waals surface area contributed by atoms with Crippen molar-refractivity contribution in [1.82, 2.24) is 9.38 Å². The maximum absolute atomic E-state index is 13.1. The third kappa shape index (κ3) is 4.64. The summed E-state index contributed by atoms with van der Waals surface area (Å²) < 4.78 is 12.2. The number of aryl methyl sites for hydroxylation is 2. The molecular formula is C24H31N3O5. The first-order valence-electron chi connectivity index (χ1n) is 10.5. The fourth-order valence-corrected chi connectivity index (χ4v) is 4.71. The van der Waals surface area contributed by atoms with Gasteiger partial charge in [-0.2, -0.15) is 0 Å². The van der Waals surface area contributed by atoms with Crippen LogP contribution in [0.3, 0.4) is 0 Å². The Labute approximate surface area is 187 Å². The quantitative estimate of drug-likeness (QED) is 0.500. The van der Waals surface area contributed by atoms with Crippen LogP contribution >= 0.6 is 0 Å². The van der Waals surface area contributed by atoms with Crippen molar-refractivity contribution in [3.05, 3.63) is 35.5 Å². The molecule has 0 unspecified atom stereocenters. The lowest BCUT2D eigenvalue weighted by molar-refractivity contribution is -0.117. The highest BCUT2D eigenvalue weighted by Gasteiger charge is 2.38. The molecule has 0 saturated heterocycles. The Hall–Kier alpha value is -3.29. The number of amides is 1. The molecule has 3 heterocycles. The number of fused-ring (bicyclic) bond motifs is 1. The van der Waals surface area contributed by atoms with Gasteiger partial charge < -0.3 is 14.3 Å². The smallest absolute Gasteiger partial charge is 0.449 e. The van der Waals surface area contributed by atoms with Gasteiger partial charge in [0.15, 0.2) is 11.6 Å². The van der Waals surface area contributed by atoms with E-state index in [1.165, 1.54) is 13.0 Å². The maximum atomic E-state index is 13.1. The van der Waals surface area contributed by atoms with Gasteiger partial charge in [-0.25, -0.2) is 9.78 Å². The van der Waals surface area contributed by atoms with Gasteiger partial charge in [-0.3, -0.25) is 14.1 Å². The molecule has 0 aliphatic heterocycles. The standard InChI is InChI=1S/C24H31N3O5/c1-14-11-15(2)26-18(12-14)25-20(17-9-10-19(31-17)32-22(29)30)21(26)27(16(3)28)24(7,8)13-23(4,5)6/h9-12H,13H2,1-8H3,(H,29,30). The van der Waals surface area contributed by atoms with E-state index in [1.54, 1.807) is 11.0 Å². The number of anilines is 1. The minimum Gasteiger partial charge on any atom is -0.449 e. The average molecular weight is 442 g/mol. The second kappa shape index (κ2) is 8.00. The molecule has 1 N–H and O–H groups in total. The molecule has 0 aliphatic carbocycles. The molecule has 0 fully saturated rings. The van der Waals surface area contributed by atoms with Gasteiger partial charge in [-0.05, 0) is 63.3 Å². The number of ether oxygens (including phenoxy) is 1. The molecule has 0 aromatic carbocycles. The van der Waals surface area contributed by atoms with E-state index in [4.69, 9.17) is 14.5 Å². The summed E-state index contributed by atoms with van der Waals surface area (Å²) in [5.74, 6) is 0.605. The van der Waals surface area contributed by atoms with Crippen LogP contribution in [0.5, 0.6) is 5.95 Å². The molecule has 0 atom stereocenters. The van der Waals surface area contributed by atoms with E-state index in [1.807, 2.05) is 44.2 Å². The lowest BCUT2D eigenvalue weighted by atomic mass is 9.80. The van der Waals surface area contributed by atoms with Crippen LogP contribution < -0.4 is 9.64 Å². The van der Waals surface area contributed by atoms with Crippen LogP contribution in [0.4, 0.5) is 10.6 Å². The molecule has 1 amide bonds. The summed E-state index contributed by atoms with van der Waals surface area (Å²) in [6.45, 7) is 16.0. The van der Waals surface area contributed by atoms with Crippen LogP contribution in [-0.4, -0.2) is 32.1 Å². The van der Waals surface area contributed by atoms with E-state index in [0.29, 0.717) is 22.9 Å². The molecule has 3 aromatic rings. The summed E-state index contributed by atoms with van der Waals surface area (Å²) in [4.78, 5) is 30.5. The van der Waals surface area contributed by atoms with Crippen molar-refractivity contribution in [2.24, 2.45) is 5.41 Å². The highest BCUT2D eigenvalue weighted by molar-refractivity contribution is 5.96. The summed E-state index contributed by atoms with van der Waals surface area (Å²) in [6.07, 6.45) is -0.729. The van der Waals surface area contributed by atoms with Crippen molar-refractivity contribution in [3.63, 3.8) is 0 Å². The fraction of sp³-hybridized carbons (Fsp3) is 0.458. The molecule has 3 aromatic heterocycles. The molecule has 32 heavy (non-hydrogen) atoms. The molecule has 8 nitrogen and oxygen atoms in total. The Morgan fingerprint density at radius 2 is 1.81 bits per heavy atom. The molecule has 0 aliphatic rings. The normalized spacial score (nSPS) is 12.2. The third-order valence-corrected chi connectivity index (χ3v) is 5.12. The van der Waals surface area contributed by atoms with Crippen LogP contribution in [0, 0.1) is 19.3 Å². The number of hydrogen-bond donors (Lipinski definition) is 1. The van der Waals surface area contributed by atoms with Gasteiger partial charge in [0.2, 0.25) is 5.91 Å². The van der Waals surface area contributed by atoms with Crippen molar-refractivity contribution in [2.75, 3.05) is 4.90 Å². The topological polar surface area (TPSA) is 97.3 Å². The largest absolute Gasteiger partial charge is 0.513 e. The van der Waals surface area contributed by atoms with Gasteiger partial charge >= 0.3 is 6.16 Å².